The number of nitrogens with one attached hydrogen (secondary N) is 1. The topological polar surface area (TPSA) is 29.9 Å². The van der Waals surface area contributed by atoms with Crippen LogP contribution < -0.4 is 5.32 Å². The van der Waals surface area contributed by atoms with Crippen molar-refractivity contribution in [3.05, 3.63) is 18.2 Å². The van der Waals surface area contributed by atoms with E-state index in [1.54, 1.807) is 0 Å². The maximum Gasteiger partial charge on any atom is 0.105 e. The third kappa shape index (κ3) is 2.31. The molecule has 0 amide bonds. The van der Waals surface area contributed by atoms with Gasteiger partial charge in [-0.1, -0.05) is 13.8 Å². The van der Waals surface area contributed by atoms with Crippen LogP contribution in [0.1, 0.15) is 25.7 Å². The van der Waals surface area contributed by atoms with Gasteiger partial charge in [0.1, 0.15) is 5.82 Å². The molecule has 74 valence electrons. The molecule has 3 heteroatoms. The Labute approximate surface area is 80.2 Å². The summed E-state index contributed by atoms with van der Waals surface area (Å²) in [5.41, 5.74) is 0. The van der Waals surface area contributed by atoms with Crippen molar-refractivity contribution < 1.29 is 0 Å². The lowest BCUT2D eigenvalue weighted by Gasteiger charge is -2.23. The Morgan fingerprint density at radius 1 is 1.54 bits per heavy atom. The molecule has 1 aromatic rings. The van der Waals surface area contributed by atoms with E-state index in [4.69, 9.17) is 0 Å². The largest absolute Gasteiger partial charge is 0.331 e. The fraction of sp³-hybridized carbons (Fsp3) is 0.700. The number of rotatable bonds is 4. The Morgan fingerprint density at radius 3 is 2.62 bits per heavy atom. The van der Waals surface area contributed by atoms with E-state index in [0.29, 0.717) is 12.0 Å². The number of aromatic nitrogens is 2. The molecule has 0 fully saturated rings. The van der Waals surface area contributed by atoms with Crippen molar-refractivity contribution >= 4 is 0 Å². The zero-order chi connectivity index (χ0) is 9.84. The maximum atomic E-state index is 4.24. The van der Waals surface area contributed by atoms with Crippen LogP contribution in [0.15, 0.2) is 12.4 Å². The van der Waals surface area contributed by atoms with Crippen LogP contribution in [0.3, 0.4) is 0 Å². The summed E-state index contributed by atoms with van der Waals surface area (Å²) in [7, 11) is 1.99. The van der Waals surface area contributed by atoms with Gasteiger partial charge in [-0.05, 0) is 19.9 Å². The molecule has 1 N–H and O–H groups in total. The Hall–Kier alpha value is -0.830. The van der Waals surface area contributed by atoms with Gasteiger partial charge in [0, 0.05) is 25.0 Å². The first-order chi connectivity index (χ1) is 6.16. The number of nitrogens with zero attached hydrogens (tertiary/aromatic N) is 2. The van der Waals surface area contributed by atoms with Crippen LogP contribution in [0.2, 0.25) is 0 Å². The normalized spacial score (nSPS) is 13.6. The minimum absolute atomic E-state index is 0.507. The van der Waals surface area contributed by atoms with Crippen LogP contribution in [0.4, 0.5) is 0 Å². The van der Waals surface area contributed by atoms with Gasteiger partial charge in [-0.15, -0.1) is 0 Å². The lowest BCUT2D eigenvalue weighted by molar-refractivity contribution is 0.360. The van der Waals surface area contributed by atoms with Crippen LogP contribution >= 0.6 is 0 Å². The zero-order valence-electron chi connectivity index (χ0n) is 8.91. The molecule has 0 aliphatic carbocycles. The summed E-state index contributed by atoms with van der Waals surface area (Å²) in [6.07, 6.45) is 3.91. The van der Waals surface area contributed by atoms with E-state index in [1.165, 1.54) is 0 Å². The second kappa shape index (κ2) is 4.42. The average Bonchev–Trinajstić information content (AvgIpc) is 2.47. The molecule has 1 unspecified atom stereocenters. The minimum Gasteiger partial charge on any atom is -0.331 e. The first kappa shape index (κ1) is 10.3. The summed E-state index contributed by atoms with van der Waals surface area (Å²) < 4.78 is 2.24. The Morgan fingerprint density at radius 2 is 2.23 bits per heavy atom. The molecule has 0 bridgehead atoms. The van der Waals surface area contributed by atoms with Crippen molar-refractivity contribution in [2.75, 3.05) is 13.6 Å². The highest BCUT2D eigenvalue weighted by Crippen LogP contribution is 2.17. The second-order valence-corrected chi connectivity index (χ2v) is 3.75. The second-order valence-electron chi connectivity index (χ2n) is 3.75. The van der Waals surface area contributed by atoms with Crippen molar-refractivity contribution in [1.29, 1.82) is 0 Å². The van der Waals surface area contributed by atoms with E-state index < -0.39 is 0 Å². The van der Waals surface area contributed by atoms with Gasteiger partial charge < -0.3 is 9.88 Å². The van der Waals surface area contributed by atoms with Crippen LogP contribution in [0.25, 0.3) is 0 Å². The molecule has 0 saturated carbocycles. The van der Waals surface area contributed by atoms with Gasteiger partial charge in [0.15, 0.2) is 0 Å². The Balaban J connectivity index is 2.82. The molecule has 3 nitrogen and oxygen atoms in total. The molecule has 0 spiro atoms. The van der Waals surface area contributed by atoms with Gasteiger partial charge in [0.05, 0.1) is 0 Å². The molecule has 0 saturated heterocycles. The molecule has 1 aromatic heterocycles. The minimum atomic E-state index is 0.507. The van der Waals surface area contributed by atoms with Gasteiger partial charge >= 0.3 is 0 Å². The molecule has 1 rings (SSSR count). The number of hydrogen-bond acceptors (Lipinski definition) is 2. The molecule has 1 atom stereocenters. The van der Waals surface area contributed by atoms with E-state index in [2.05, 4.69) is 34.9 Å². The average molecular weight is 181 g/mol. The van der Waals surface area contributed by atoms with Crippen LogP contribution in [-0.2, 0) is 0 Å². The van der Waals surface area contributed by atoms with E-state index in [1.807, 2.05) is 20.2 Å². The molecule has 13 heavy (non-hydrogen) atoms. The maximum absolute atomic E-state index is 4.24. The quantitative estimate of drug-likeness (QED) is 0.764. The molecular weight excluding hydrogens is 162 g/mol. The predicted octanol–water partition coefficient (Wildman–Crippen LogP) is 1.61. The molecule has 0 radical (unpaired) electrons. The molecule has 1 heterocycles. The smallest absolute Gasteiger partial charge is 0.105 e. The fourth-order valence-electron chi connectivity index (χ4n) is 1.60. The van der Waals surface area contributed by atoms with Gasteiger partial charge in [-0.2, -0.15) is 0 Å². The van der Waals surface area contributed by atoms with E-state index in [-0.39, 0.29) is 0 Å². The van der Waals surface area contributed by atoms with Crippen molar-refractivity contribution in [2.24, 2.45) is 5.92 Å². The Bertz CT molecular complexity index is 252. The molecule has 0 aliphatic heterocycles. The lowest BCUT2D eigenvalue weighted by Crippen LogP contribution is -2.26. The molecule has 0 aromatic carbocycles. The van der Waals surface area contributed by atoms with Crippen LogP contribution in [0.5, 0.6) is 0 Å². The zero-order valence-corrected chi connectivity index (χ0v) is 8.91. The third-order valence-corrected chi connectivity index (χ3v) is 2.40. The molecule has 0 aliphatic rings. The highest BCUT2D eigenvalue weighted by atomic mass is 15.1. The third-order valence-electron chi connectivity index (χ3n) is 2.40. The number of likely N-dealkylation sites (N-methyl/N-ethyl adjacent to an activating group) is 1. The summed E-state index contributed by atoms with van der Waals surface area (Å²) in [5.74, 6) is 1.72. The van der Waals surface area contributed by atoms with Crippen LogP contribution in [0, 0.1) is 12.8 Å². The summed E-state index contributed by atoms with van der Waals surface area (Å²) in [5, 5.41) is 3.22. The summed E-state index contributed by atoms with van der Waals surface area (Å²) >= 11 is 0. The predicted molar refractivity (Wildman–Crippen MR) is 54.8 cm³/mol. The SMILES string of the molecule is CNCC(C(C)C)n1ccnc1C. The highest BCUT2D eigenvalue weighted by Gasteiger charge is 2.15. The van der Waals surface area contributed by atoms with E-state index >= 15 is 0 Å². The number of aryl methyl sites for hydroxylation is 1. The van der Waals surface area contributed by atoms with Gasteiger partial charge in [0.2, 0.25) is 0 Å². The highest BCUT2D eigenvalue weighted by molar-refractivity contribution is 4.93. The fourth-order valence-corrected chi connectivity index (χ4v) is 1.60. The van der Waals surface area contributed by atoms with Crippen molar-refractivity contribution in [1.82, 2.24) is 14.9 Å². The van der Waals surface area contributed by atoms with Crippen LogP contribution in [-0.4, -0.2) is 23.1 Å². The van der Waals surface area contributed by atoms with Crippen molar-refractivity contribution in [2.45, 2.75) is 26.8 Å². The summed E-state index contributed by atoms with van der Waals surface area (Å²) in [4.78, 5) is 4.24. The Kier molecular flexibility index (Phi) is 3.48. The number of imidazole rings is 1. The van der Waals surface area contributed by atoms with Gasteiger partial charge in [-0.3, -0.25) is 0 Å². The first-order valence-electron chi connectivity index (χ1n) is 4.80. The van der Waals surface area contributed by atoms with Gasteiger partial charge in [0.25, 0.3) is 0 Å². The van der Waals surface area contributed by atoms with Gasteiger partial charge in [-0.25, -0.2) is 4.98 Å². The van der Waals surface area contributed by atoms with Crippen molar-refractivity contribution in [3.63, 3.8) is 0 Å². The van der Waals surface area contributed by atoms with E-state index in [9.17, 15) is 0 Å². The monoisotopic (exact) mass is 181 g/mol. The molecular formula is C10H19N3. The first-order valence-corrected chi connectivity index (χ1v) is 4.80. The van der Waals surface area contributed by atoms with Crippen molar-refractivity contribution in [3.8, 4) is 0 Å². The standard InChI is InChI=1S/C10H19N3/c1-8(2)10(7-11-4)13-6-5-12-9(13)3/h5-6,8,10-11H,7H2,1-4H3. The lowest BCUT2D eigenvalue weighted by atomic mass is 10.0. The van der Waals surface area contributed by atoms with E-state index in [0.717, 1.165) is 12.4 Å². The summed E-state index contributed by atoms with van der Waals surface area (Å²) in [6, 6.07) is 0.507. The summed E-state index contributed by atoms with van der Waals surface area (Å²) in [6.45, 7) is 7.52. The number of hydrogen-bond donors (Lipinski definition) is 1.